The summed E-state index contributed by atoms with van der Waals surface area (Å²) < 4.78 is 32.5. The van der Waals surface area contributed by atoms with Gasteiger partial charge in [0, 0.05) is 20.2 Å². The van der Waals surface area contributed by atoms with E-state index in [1.165, 1.54) is 7.05 Å². The number of pyridine rings is 1. The maximum absolute atomic E-state index is 13.7. The summed E-state index contributed by atoms with van der Waals surface area (Å²) in [6.07, 6.45) is 0. The van der Waals surface area contributed by atoms with Crippen LogP contribution in [-0.4, -0.2) is 19.1 Å². The molecule has 0 atom stereocenters. The first-order chi connectivity index (χ1) is 9.01. The number of halogens is 2. The third kappa shape index (κ3) is 2.83. The van der Waals surface area contributed by atoms with Crippen LogP contribution in [0, 0.1) is 18.6 Å². The number of hydrogen-bond donors (Lipinski definition) is 1. The van der Waals surface area contributed by atoms with Crippen molar-refractivity contribution in [2.24, 2.45) is 0 Å². The molecule has 0 aliphatic carbocycles. The van der Waals surface area contributed by atoms with Crippen molar-refractivity contribution in [2.45, 2.75) is 13.5 Å². The van der Waals surface area contributed by atoms with Gasteiger partial charge in [-0.1, -0.05) is 0 Å². The number of furan rings is 1. The number of hydrogen-bond acceptors (Lipinski definition) is 4. The first kappa shape index (κ1) is 13.3. The minimum absolute atomic E-state index is 0.0128. The van der Waals surface area contributed by atoms with Crippen LogP contribution in [0.5, 0.6) is 0 Å². The first-order valence-electron chi connectivity index (χ1n) is 5.81. The van der Waals surface area contributed by atoms with Gasteiger partial charge in [-0.3, -0.25) is 0 Å². The Kier molecular flexibility index (Phi) is 3.69. The van der Waals surface area contributed by atoms with Crippen LogP contribution < -0.4 is 10.2 Å². The van der Waals surface area contributed by atoms with Crippen LogP contribution in [0.1, 0.15) is 11.5 Å². The lowest BCUT2D eigenvalue weighted by molar-refractivity contribution is 0.479. The predicted octanol–water partition coefficient (Wildman–Crippen LogP) is 2.94. The second-order valence-corrected chi connectivity index (χ2v) is 4.24. The lowest BCUT2D eigenvalue weighted by Crippen LogP contribution is -2.19. The van der Waals surface area contributed by atoms with E-state index in [0.717, 1.165) is 11.8 Å². The van der Waals surface area contributed by atoms with Gasteiger partial charge in [0.2, 0.25) is 0 Å². The molecular weight excluding hydrogens is 252 g/mol. The molecule has 0 unspecified atom stereocenters. The molecule has 19 heavy (non-hydrogen) atoms. The number of rotatable bonds is 4. The Morgan fingerprint density at radius 1 is 1.32 bits per heavy atom. The van der Waals surface area contributed by atoms with Crippen molar-refractivity contribution in [3.63, 3.8) is 0 Å². The maximum atomic E-state index is 13.7. The molecule has 1 N–H and O–H groups in total. The quantitative estimate of drug-likeness (QED) is 0.924. The molecule has 6 heteroatoms. The molecule has 0 bridgehead atoms. The molecular formula is C13H15F2N3O. The van der Waals surface area contributed by atoms with Gasteiger partial charge in [-0.05, 0) is 19.1 Å². The molecule has 0 radical (unpaired) electrons. The van der Waals surface area contributed by atoms with Gasteiger partial charge in [0.05, 0.1) is 6.54 Å². The van der Waals surface area contributed by atoms with Gasteiger partial charge in [0.25, 0.3) is 0 Å². The van der Waals surface area contributed by atoms with Crippen molar-refractivity contribution >= 4 is 11.6 Å². The largest absolute Gasteiger partial charge is 0.464 e. The molecule has 102 valence electrons. The monoisotopic (exact) mass is 267 g/mol. The zero-order valence-electron chi connectivity index (χ0n) is 11.0. The number of aromatic nitrogens is 1. The summed E-state index contributed by atoms with van der Waals surface area (Å²) in [5, 5.41) is 2.58. The fourth-order valence-electron chi connectivity index (χ4n) is 1.78. The molecule has 0 spiro atoms. The standard InChI is InChI=1S/C13H15F2N3O/c1-8-4-5-9(19-8)7-18(3)13-11(15)6-10(14)12(16-2)17-13/h4-6H,7H2,1-3H3,(H,16,17). The summed E-state index contributed by atoms with van der Waals surface area (Å²) in [7, 11) is 3.20. The topological polar surface area (TPSA) is 41.3 Å². The Morgan fingerprint density at radius 2 is 2.05 bits per heavy atom. The third-order valence-corrected chi connectivity index (χ3v) is 2.70. The van der Waals surface area contributed by atoms with Gasteiger partial charge >= 0.3 is 0 Å². The number of nitrogens with zero attached hydrogens (tertiary/aromatic N) is 2. The lowest BCUT2D eigenvalue weighted by atomic mass is 10.3. The molecule has 0 aliphatic heterocycles. The number of nitrogens with one attached hydrogen (secondary N) is 1. The fraction of sp³-hybridized carbons (Fsp3) is 0.308. The second kappa shape index (κ2) is 5.26. The van der Waals surface area contributed by atoms with Gasteiger partial charge in [0.1, 0.15) is 11.5 Å². The number of anilines is 2. The normalized spacial score (nSPS) is 10.6. The number of aryl methyl sites for hydroxylation is 1. The Hall–Kier alpha value is -2.11. The summed E-state index contributed by atoms with van der Waals surface area (Å²) in [5.74, 6) is 0.135. The second-order valence-electron chi connectivity index (χ2n) is 4.24. The minimum atomic E-state index is -0.717. The van der Waals surface area contributed by atoms with Crippen molar-refractivity contribution in [3.05, 3.63) is 41.4 Å². The van der Waals surface area contributed by atoms with Crippen LogP contribution in [0.3, 0.4) is 0 Å². The summed E-state index contributed by atoms with van der Waals surface area (Å²) in [4.78, 5) is 5.48. The van der Waals surface area contributed by atoms with E-state index >= 15 is 0 Å². The van der Waals surface area contributed by atoms with Crippen LogP contribution >= 0.6 is 0 Å². The molecule has 2 aromatic rings. The molecule has 0 fully saturated rings. The highest BCUT2D eigenvalue weighted by atomic mass is 19.1. The molecule has 2 aromatic heterocycles. The zero-order valence-corrected chi connectivity index (χ0v) is 11.0. The molecule has 2 heterocycles. The Labute approximate surface area is 110 Å². The van der Waals surface area contributed by atoms with E-state index < -0.39 is 11.6 Å². The molecule has 0 aliphatic rings. The Balaban J connectivity index is 2.25. The Morgan fingerprint density at radius 3 is 2.63 bits per heavy atom. The summed E-state index contributed by atoms with van der Waals surface area (Å²) >= 11 is 0. The van der Waals surface area contributed by atoms with Crippen LogP contribution in [-0.2, 0) is 6.54 Å². The van der Waals surface area contributed by atoms with Gasteiger partial charge in [0.15, 0.2) is 23.3 Å². The van der Waals surface area contributed by atoms with E-state index in [9.17, 15) is 8.78 Å². The van der Waals surface area contributed by atoms with E-state index in [2.05, 4.69) is 10.3 Å². The average molecular weight is 267 g/mol. The van der Waals surface area contributed by atoms with Gasteiger partial charge in [-0.25, -0.2) is 13.8 Å². The molecule has 0 amide bonds. The van der Waals surface area contributed by atoms with Gasteiger partial charge in [-0.2, -0.15) is 0 Å². The molecule has 4 nitrogen and oxygen atoms in total. The zero-order chi connectivity index (χ0) is 14.0. The Bertz CT molecular complexity index is 583. The molecule has 2 rings (SSSR count). The minimum Gasteiger partial charge on any atom is -0.464 e. The summed E-state index contributed by atoms with van der Waals surface area (Å²) in [6, 6.07) is 4.46. The summed E-state index contributed by atoms with van der Waals surface area (Å²) in [6.45, 7) is 2.19. The van der Waals surface area contributed by atoms with E-state index in [1.807, 2.05) is 19.1 Å². The third-order valence-electron chi connectivity index (χ3n) is 2.70. The highest BCUT2D eigenvalue weighted by Gasteiger charge is 2.15. The SMILES string of the molecule is CNc1nc(N(C)Cc2ccc(C)o2)c(F)cc1F. The van der Waals surface area contributed by atoms with Crippen LogP contribution in [0.4, 0.5) is 20.4 Å². The highest BCUT2D eigenvalue weighted by Crippen LogP contribution is 2.22. The van der Waals surface area contributed by atoms with E-state index in [4.69, 9.17) is 4.42 Å². The highest BCUT2D eigenvalue weighted by molar-refractivity contribution is 5.48. The van der Waals surface area contributed by atoms with E-state index in [1.54, 1.807) is 11.9 Å². The molecule has 0 aromatic carbocycles. The van der Waals surface area contributed by atoms with Crippen LogP contribution in [0.15, 0.2) is 22.6 Å². The van der Waals surface area contributed by atoms with Gasteiger partial charge in [-0.15, -0.1) is 0 Å². The van der Waals surface area contributed by atoms with Crippen molar-refractivity contribution < 1.29 is 13.2 Å². The van der Waals surface area contributed by atoms with Crippen molar-refractivity contribution in [1.82, 2.24) is 4.98 Å². The molecule has 0 saturated carbocycles. The smallest absolute Gasteiger partial charge is 0.168 e. The van der Waals surface area contributed by atoms with E-state index in [-0.39, 0.29) is 11.6 Å². The maximum Gasteiger partial charge on any atom is 0.168 e. The van der Waals surface area contributed by atoms with Crippen molar-refractivity contribution in [2.75, 3.05) is 24.3 Å². The fourth-order valence-corrected chi connectivity index (χ4v) is 1.78. The molecule has 0 saturated heterocycles. The lowest BCUT2D eigenvalue weighted by Gasteiger charge is -2.18. The van der Waals surface area contributed by atoms with Gasteiger partial charge < -0.3 is 14.6 Å². The van der Waals surface area contributed by atoms with E-state index in [0.29, 0.717) is 12.3 Å². The summed E-state index contributed by atoms with van der Waals surface area (Å²) in [5.41, 5.74) is 0. The van der Waals surface area contributed by atoms with Crippen LogP contribution in [0.25, 0.3) is 0 Å². The predicted molar refractivity (Wildman–Crippen MR) is 69.3 cm³/mol. The average Bonchev–Trinajstić information content (AvgIpc) is 2.74. The van der Waals surface area contributed by atoms with Crippen LogP contribution in [0.2, 0.25) is 0 Å². The first-order valence-corrected chi connectivity index (χ1v) is 5.81. The van der Waals surface area contributed by atoms with Crippen molar-refractivity contribution in [3.8, 4) is 0 Å². The van der Waals surface area contributed by atoms with Crippen molar-refractivity contribution in [1.29, 1.82) is 0 Å².